The highest BCUT2D eigenvalue weighted by Gasteiger charge is 2.38. The molecule has 0 unspecified atom stereocenters. The van der Waals surface area contributed by atoms with Crippen LogP contribution in [0.5, 0.6) is 0 Å². The second-order valence-corrected chi connectivity index (χ2v) is 9.38. The minimum Gasteiger partial charge on any atom is -0.311 e. The predicted octanol–water partition coefficient (Wildman–Crippen LogP) is 2.66. The quantitative estimate of drug-likeness (QED) is 0.848. The lowest BCUT2D eigenvalue weighted by atomic mass is 9.71. The molecule has 0 aromatic rings. The summed E-state index contributed by atoms with van der Waals surface area (Å²) in [6, 6.07) is 1.10. The first-order chi connectivity index (χ1) is 9.07. The maximum Gasteiger partial charge on any atom is 0.150 e. The molecule has 3 fully saturated rings. The molecule has 0 amide bonds. The Morgan fingerprint density at radius 3 is 1.89 bits per heavy atom. The lowest BCUT2D eigenvalue weighted by molar-refractivity contribution is 0.161. The molecule has 0 aromatic carbocycles. The number of sulfone groups is 1. The second kappa shape index (κ2) is 5.36. The Bertz CT molecular complexity index is 388. The summed E-state index contributed by atoms with van der Waals surface area (Å²) in [6.45, 7) is 0. The van der Waals surface area contributed by atoms with Gasteiger partial charge in [-0.25, -0.2) is 8.42 Å². The summed E-state index contributed by atoms with van der Waals surface area (Å²) in [5.41, 5.74) is 0.702. The Morgan fingerprint density at radius 1 is 0.789 bits per heavy atom. The Balaban J connectivity index is 1.45. The first-order valence-electron chi connectivity index (χ1n) is 8.04. The second-order valence-electron chi connectivity index (χ2n) is 7.07. The van der Waals surface area contributed by atoms with E-state index in [2.05, 4.69) is 5.32 Å². The molecule has 1 spiro atoms. The van der Waals surface area contributed by atoms with E-state index in [-0.39, 0.29) is 0 Å². The average molecular weight is 285 g/mol. The van der Waals surface area contributed by atoms with E-state index >= 15 is 0 Å². The van der Waals surface area contributed by atoms with Crippen molar-refractivity contribution in [1.29, 1.82) is 0 Å². The summed E-state index contributed by atoms with van der Waals surface area (Å²) in [6.07, 6.45) is 12.9. The first kappa shape index (κ1) is 13.9. The number of hydrogen-bond donors (Lipinski definition) is 1. The van der Waals surface area contributed by atoms with Crippen molar-refractivity contribution in [2.45, 2.75) is 76.3 Å². The maximum absolute atomic E-state index is 11.4. The van der Waals surface area contributed by atoms with E-state index in [0.717, 1.165) is 12.8 Å². The molecule has 1 heterocycles. The standard InChI is InChI=1S/C15H27NO2S/c17-19(18)11-5-14(6-12-19)16-13-3-9-15(10-4-13)7-1-2-8-15/h13-14,16H,1-12H2. The van der Waals surface area contributed by atoms with Gasteiger partial charge in [0.25, 0.3) is 0 Å². The summed E-state index contributed by atoms with van der Waals surface area (Å²) >= 11 is 0. The van der Waals surface area contributed by atoms with Crippen molar-refractivity contribution in [3.63, 3.8) is 0 Å². The summed E-state index contributed by atoms with van der Waals surface area (Å²) < 4.78 is 22.9. The van der Waals surface area contributed by atoms with E-state index < -0.39 is 9.84 Å². The summed E-state index contributed by atoms with van der Waals surface area (Å²) in [5.74, 6) is 0.780. The van der Waals surface area contributed by atoms with Gasteiger partial charge in [-0.2, -0.15) is 0 Å². The fourth-order valence-electron chi connectivity index (χ4n) is 4.41. The van der Waals surface area contributed by atoms with Crippen LogP contribution in [0.3, 0.4) is 0 Å². The molecule has 3 nitrogen and oxygen atoms in total. The molecule has 1 saturated heterocycles. The van der Waals surface area contributed by atoms with Gasteiger partial charge in [-0.15, -0.1) is 0 Å². The van der Waals surface area contributed by atoms with E-state index in [1.807, 2.05) is 0 Å². The van der Waals surface area contributed by atoms with E-state index in [1.54, 1.807) is 0 Å². The summed E-state index contributed by atoms with van der Waals surface area (Å²) in [5, 5.41) is 3.74. The fraction of sp³-hybridized carbons (Fsp3) is 1.00. The van der Waals surface area contributed by atoms with Crippen LogP contribution in [0.4, 0.5) is 0 Å². The van der Waals surface area contributed by atoms with Crippen molar-refractivity contribution in [2.24, 2.45) is 5.41 Å². The van der Waals surface area contributed by atoms with Crippen LogP contribution in [0, 0.1) is 5.41 Å². The largest absolute Gasteiger partial charge is 0.311 e. The van der Waals surface area contributed by atoms with Gasteiger partial charge in [0.15, 0.2) is 0 Å². The molecule has 2 aliphatic carbocycles. The maximum atomic E-state index is 11.4. The zero-order valence-electron chi connectivity index (χ0n) is 11.9. The van der Waals surface area contributed by atoms with Crippen molar-refractivity contribution in [1.82, 2.24) is 5.32 Å². The van der Waals surface area contributed by atoms with Crippen molar-refractivity contribution >= 4 is 9.84 Å². The molecule has 110 valence electrons. The van der Waals surface area contributed by atoms with Crippen LogP contribution in [0.15, 0.2) is 0 Å². The smallest absolute Gasteiger partial charge is 0.150 e. The van der Waals surface area contributed by atoms with E-state index in [0.29, 0.717) is 29.0 Å². The van der Waals surface area contributed by atoms with Crippen molar-refractivity contribution in [3.05, 3.63) is 0 Å². The van der Waals surface area contributed by atoms with Crippen LogP contribution in [-0.2, 0) is 9.84 Å². The van der Waals surface area contributed by atoms with Crippen molar-refractivity contribution < 1.29 is 8.42 Å². The van der Waals surface area contributed by atoms with Crippen molar-refractivity contribution in [2.75, 3.05) is 11.5 Å². The van der Waals surface area contributed by atoms with Gasteiger partial charge in [0.2, 0.25) is 0 Å². The van der Waals surface area contributed by atoms with Gasteiger partial charge in [-0.05, 0) is 56.8 Å². The lowest BCUT2D eigenvalue weighted by Gasteiger charge is -2.39. The molecular formula is C15H27NO2S. The Morgan fingerprint density at radius 2 is 1.32 bits per heavy atom. The molecule has 3 rings (SSSR count). The molecule has 19 heavy (non-hydrogen) atoms. The Kier molecular flexibility index (Phi) is 3.91. The molecule has 3 aliphatic rings. The van der Waals surface area contributed by atoms with E-state index in [9.17, 15) is 8.42 Å². The highest BCUT2D eigenvalue weighted by molar-refractivity contribution is 7.91. The monoisotopic (exact) mass is 285 g/mol. The first-order valence-corrected chi connectivity index (χ1v) is 9.86. The zero-order valence-corrected chi connectivity index (χ0v) is 12.7. The molecular weight excluding hydrogens is 258 g/mol. The zero-order chi connectivity index (χ0) is 13.3. The van der Waals surface area contributed by atoms with Crippen LogP contribution in [0.25, 0.3) is 0 Å². The molecule has 0 atom stereocenters. The van der Waals surface area contributed by atoms with Gasteiger partial charge in [0, 0.05) is 12.1 Å². The Hall–Kier alpha value is -0.0900. The Labute approximate surface area is 117 Å². The van der Waals surface area contributed by atoms with Crippen LogP contribution >= 0.6 is 0 Å². The predicted molar refractivity (Wildman–Crippen MR) is 78.0 cm³/mol. The van der Waals surface area contributed by atoms with Gasteiger partial charge < -0.3 is 5.32 Å². The van der Waals surface area contributed by atoms with E-state index in [1.165, 1.54) is 51.4 Å². The molecule has 1 N–H and O–H groups in total. The topological polar surface area (TPSA) is 46.2 Å². The highest BCUT2D eigenvalue weighted by Crippen LogP contribution is 2.48. The number of nitrogens with one attached hydrogen (secondary N) is 1. The summed E-state index contributed by atoms with van der Waals surface area (Å²) in [4.78, 5) is 0. The number of hydrogen-bond acceptors (Lipinski definition) is 3. The van der Waals surface area contributed by atoms with Gasteiger partial charge in [-0.1, -0.05) is 12.8 Å². The van der Waals surface area contributed by atoms with Crippen LogP contribution in [0.2, 0.25) is 0 Å². The lowest BCUT2D eigenvalue weighted by Crippen LogP contribution is -2.45. The molecule has 4 heteroatoms. The van der Waals surface area contributed by atoms with Crippen LogP contribution in [-0.4, -0.2) is 32.0 Å². The van der Waals surface area contributed by atoms with Gasteiger partial charge in [0.1, 0.15) is 9.84 Å². The third-order valence-corrected chi connectivity index (χ3v) is 7.45. The molecule has 0 bridgehead atoms. The minimum atomic E-state index is -2.71. The minimum absolute atomic E-state index is 0.390. The van der Waals surface area contributed by atoms with Crippen LogP contribution < -0.4 is 5.32 Å². The summed E-state index contributed by atoms with van der Waals surface area (Å²) in [7, 11) is -2.71. The van der Waals surface area contributed by atoms with Crippen LogP contribution in [0.1, 0.15) is 64.2 Å². The SMILES string of the molecule is O=S1(=O)CCC(NC2CCC3(CCCC3)CC2)CC1. The number of rotatable bonds is 2. The third-order valence-electron chi connectivity index (χ3n) is 5.74. The molecule has 2 saturated carbocycles. The average Bonchev–Trinajstić information content (AvgIpc) is 2.84. The third kappa shape index (κ3) is 3.33. The fourth-order valence-corrected chi connectivity index (χ4v) is 5.90. The van der Waals surface area contributed by atoms with E-state index in [4.69, 9.17) is 0 Å². The van der Waals surface area contributed by atoms with Gasteiger partial charge in [0.05, 0.1) is 11.5 Å². The van der Waals surface area contributed by atoms with Crippen molar-refractivity contribution in [3.8, 4) is 0 Å². The molecule has 0 radical (unpaired) electrons. The normalized spacial score (nSPS) is 34.6. The van der Waals surface area contributed by atoms with Gasteiger partial charge in [-0.3, -0.25) is 0 Å². The molecule has 1 aliphatic heterocycles. The van der Waals surface area contributed by atoms with Gasteiger partial charge >= 0.3 is 0 Å². The highest BCUT2D eigenvalue weighted by atomic mass is 32.2. The molecule has 0 aromatic heterocycles.